The minimum atomic E-state index is 0.251. The van der Waals surface area contributed by atoms with E-state index in [1.54, 1.807) is 0 Å². The summed E-state index contributed by atoms with van der Waals surface area (Å²) in [5.74, 6) is 0. The molecule has 1 aliphatic rings. The summed E-state index contributed by atoms with van der Waals surface area (Å²) in [6.07, 6.45) is 5.08. The Bertz CT molecular complexity index is 434. The molecule has 0 aromatic heterocycles. The SMILES string of the molecule is CCCCCCN1Cc2cc(Cl)cc(Cl)c2C1CN. The minimum absolute atomic E-state index is 0.251. The average Bonchev–Trinajstić information content (AvgIpc) is 2.72. The van der Waals surface area contributed by atoms with E-state index in [9.17, 15) is 0 Å². The van der Waals surface area contributed by atoms with Crippen LogP contribution in [0.2, 0.25) is 10.0 Å². The van der Waals surface area contributed by atoms with Crippen LogP contribution in [0, 0.1) is 0 Å². The van der Waals surface area contributed by atoms with E-state index in [1.807, 2.05) is 12.1 Å². The molecule has 1 aromatic carbocycles. The van der Waals surface area contributed by atoms with Crippen molar-refractivity contribution in [1.29, 1.82) is 0 Å². The summed E-state index contributed by atoms with van der Waals surface area (Å²) < 4.78 is 0. The van der Waals surface area contributed by atoms with E-state index < -0.39 is 0 Å². The van der Waals surface area contributed by atoms with Crippen molar-refractivity contribution < 1.29 is 0 Å². The lowest BCUT2D eigenvalue weighted by Crippen LogP contribution is -2.29. The molecule has 2 N–H and O–H groups in total. The van der Waals surface area contributed by atoms with Gasteiger partial charge in [-0.25, -0.2) is 0 Å². The Labute approximate surface area is 125 Å². The summed E-state index contributed by atoms with van der Waals surface area (Å²) in [6, 6.07) is 4.10. The maximum atomic E-state index is 6.33. The van der Waals surface area contributed by atoms with Gasteiger partial charge in [-0.05, 0) is 36.2 Å². The molecule has 4 heteroatoms. The van der Waals surface area contributed by atoms with Gasteiger partial charge in [0.05, 0.1) is 0 Å². The Morgan fingerprint density at radius 2 is 2.05 bits per heavy atom. The van der Waals surface area contributed by atoms with Crippen LogP contribution in [0.3, 0.4) is 0 Å². The van der Waals surface area contributed by atoms with Crippen LogP contribution in [0.4, 0.5) is 0 Å². The monoisotopic (exact) mass is 300 g/mol. The maximum absolute atomic E-state index is 6.33. The van der Waals surface area contributed by atoms with E-state index >= 15 is 0 Å². The third-order valence-corrected chi connectivity index (χ3v) is 4.38. The Hall–Kier alpha value is -0.280. The van der Waals surface area contributed by atoms with Gasteiger partial charge < -0.3 is 5.73 Å². The molecule has 0 spiro atoms. The van der Waals surface area contributed by atoms with Crippen LogP contribution in [0.5, 0.6) is 0 Å². The summed E-state index contributed by atoms with van der Waals surface area (Å²) in [4.78, 5) is 2.43. The van der Waals surface area contributed by atoms with E-state index in [2.05, 4.69) is 11.8 Å². The summed E-state index contributed by atoms with van der Waals surface area (Å²) in [5.41, 5.74) is 8.37. The Balaban J connectivity index is 2.07. The van der Waals surface area contributed by atoms with Gasteiger partial charge >= 0.3 is 0 Å². The fourth-order valence-electron chi connectivity index (χ4n) is 2.90. The van der Waals surface area contributed by atoms with Crippen LogP contribution < -0.4 is 5.73 Å². The molecule has 0 radical (unpaired) electrons. The summed E-state index contributed by atoms with van der Waals surface area (Å²) in [6.45, 7) is 4.85. The lowest BCUT2D eigenvalue weighted by atomic mass is 10.0. The van der Waals surface area contributed by atoms with Gasteiger partial charge in [0, 0.05) is 29.2 Å². The lowest BCUT2D eigenvalue weighted by molar-refractivity contribution is 0.215. The molecular formula is C15H22Cl2N2. The fraction of sp³-hybridized carbons (Fsp3) is 0.600. The van der Waals surface area contributed by atoms with Crippen molar-refractivity contribution in [3.05, 3.63) is 33.3 Å². The first-order chi connectivity index (χ1) is 9.17. The molecule has 2 nitrogen and oxygen atoms in total. The molecule has 1 atom stereocenters. The number of fused-ring (bicyclic) bond motifs is 1. The van der Waals surface area contributed by atoms with Crippen molar-refractivity contribution in [3.8, 4) is 0 Å². The van der Waals surface area contributed by atoms with E-state index in [4.69, 9.17) is 28.9 Å². The van der Waals surface area contributed by atoms with Crippen molar-refractivity contribution in [2.75, 3.05) is 13.1 Å². The van der Waals surface area contributed by atoms with Crippen LogP contribution in [-0.4, -0.2) is 18.0 Å². The Morgan fingerprint density at radius 1 is 1.26 bits per heavy atom. The minimum Gasteiger partial charge on any atom is -0.329 e. The molecule has 0 bridgehead atoms. The first kappa shape index (κ1) is 15.1. The summed E-state index contributed by atoms with van der Waals surface area (Å²) in [7, 11) is 0. The van der Waals surface area contributed by atoms with Crippen molar-refractivity contribution in [2.24, 2.45) is 5.73 Å². The number of halogens is 2. The number of nitrogens with zero attached hydrogens (tertiary/aromatic N) is 1. The van der Waals surface area contributed by atoms with E-state index in [0.717, 1.165) is 18.1 Å². The smallest absolute Gasteiger partial charge is 0.0492 e. The molecule has 0 aliphatic carbocycles. The molecule has 0 saturated heterocycles. The van der Waals surface area contributed by atoms with Crippen LogP contribution >= 0.6 is 23.2 Å². The van der Waals surface area contributed by atoms with E-state index in [-0.39, 0.29) is 6.04 Å². The highest BCUT2D eigenvalue weighted by atomic mass is 35.5. The van der Waals surface area contributed by atoms with Gasteiger partial charge in [0.2, 0.25) is 0 Å². The van der Waals surface area contributed by atoms with Gasteiger partial charge in [-0.3, -0.25) is 4.90 Å². The quantitative estimate of drug-likeness (QED) is 0.790. The maximum Gasteiger partial charge on any atom is 0.0492 e. The van der Waals surface area contributed by atoms with Crippen molar-refractivity contribution in [3.63, 3.8) is 0 Å². The van der Waals surface area contributed by atoms with Crippen LogP contribution in [0.25, 0.3) is 0 Å². The van der Waals surface area contributed by atoms with Crippen LogP contribution in [-0.2, 0) is 6.54 Å². The van der Waals surface area contributed by atoms with Gasteiger partial charge in [0.25, 0.3) is 0 Å². The van der Waals surface area contributed by atoms with Crippen molar-refractivity contribution in [2.45, 2.75) is 45.2 Å². The standard InChI is InChI=1S/C15H22Cl2N2/c1-2-3-4-5-6-19-10-11-7-12(16)8-13(17)15(11)14(19)9-18/h7-8,14H,2-6,9-10,18H2,1H3. The van der Waals surface area contributed by atoms with Crippen LogP contribution in [0.1, 0.15) is 49.8 Å². The topological polar surface area (TPSA) is 29.3 Å². The van der Waals surface area contributed by atoms with Crippen molar-refractivity contribution >= 4 is 23.2 Å². The zero-order chi connectivity index (χ0) is 13.8. The second kappa shape index (κ2) is 6.94. The Morgan fingerprint density at radius 3 is 2.74 bits per heavy atom. The molecule has 106 valence electrons. The van der Waals surface area contributed by atoms with Gasteiger partial charge in [0.1, 0.15) is 0 Å². The van der Waals surface area contributed by atoms with Gasteiger partial charge in [0.15, 0.2) is 0 Å². The summed E-state index contributed by atoms with van der Waals surface area (Å²) in [5, 5.41) is 1.47. The van der Waals surface area contributed by atoms with Gasteiger partial charge in [-0.2, -0.15) is 0 Å². The molecule has 1 unspecified atom stereocenters. The highest BCUT2D eigenvalue weighted by Gasteiger charge is 2.30. The number of benzene rings is 1. The molecule has 1 heterocycles. The fourth-order valence-corrected chi connectivity index (χ4v) is 3.56. The normalized spacial score (nSPS) is 18.8. The third kappa shape index (κ3) is 3.43. The number of rotatable bonds is 6. The third-order valence-electron chi connectivity index (χ3n) is 3.85. The highest BCUT2D eigenvalue weighted by Crippen LogP contribution is 2.39. The summed E-state index contributed by atoms with van der Waals surface area (Å²) >= 11 is 12.4. The molecule has 19 heavy (non-hydrogen) atoms. The zero-order valence-electron chi connectivity index (χ0n) is 11.5. The largest absolute Gasteiger partial charge is 0.329 e. The molecule has 0 amide bonds. The predicted molar refractivity (Wildman–Crippen MR) is 82.8 cm³/mol. The van der Waals surface area contributed by atoms with Crippen molar-refractivity contribution in [1.82, 2.24) is 4.90 Å². The predicted octanol–water partition coefficient (Wildman–Crippen LogP) is 4.39. The molecule has 2 rings (SSSR count). The number of hydrogen-bond acceptors (Lipinski definition) is 2. The molecule has 0 saturated carbocycles. The van der Waals surface area contributed by atoms with E-state index in [1.165, 1.54) is 36.8 Å². The zero-order valence-corrected chi connectivity index (χ0v) is 13.0. The number of unbranched alkanes of at least 4 members (excludes halogenated alkanes) is 3. The van der Waals surface area contributed by atoms with E-state index in [0.29, 0.717) is 11.6 Å². The molecular weight excluding hydrogens is 279 g/mol. The second-order valence-corrected chi connectivity index (χ2v) is 6.09. The van der Waals surface area contributed by atoms with Crippen LogP contribution in [0.15, 0.2) is 12.1 Å². The average molecular weight is 301 g/mol. The Kier molecular flexibility index (Phi) is 5.52. The first-order valence-electron chi connectivity index (χ1n) is 7.09. The van der Waals surface area contributed by atoms with Gasteiger partial charge in [-0.1, -0.05) is 49.4 Å². The lowest BCUT2D eigenvalue weighted by Gasteiger charge is -2.24. The van der Waals surface area contributed by atoms with Gasteiger partial charge in [-0.15, -0.1) is 0 Å². The highest BCUT2D eigenvalue weighted by molar-refractivity contribution is 6.35. The second-order valence-electron chi connectivity index (χ2n) is 5.24. The first-order valence-corrected chi connectivity index (χ1v) is 7.85. The molecule has 1 aliphatic heterocycles. The number of nitrogens with two attached hydrogens (primary N) is 1. The number of hydrogen-bond donors (Lipinski definition) is 1. The molecule has 1 aromatic rings. The molecule has 0 fully saturated rings.